The Bertz CT molecular complexity index is 462. The second kappa shape index (κ2) is 4.29. The third-order valence-electron chi connectivity index (χ3n) is 1.97. The van der Waals surface area contributed by atoms with Gasteiger partial charge in [0.1, 0.15) is 0 Å². The van der Waals surface area contributed by atoms with Crippen LogP contribution in [0.4, 0.5) is 0 Å². The fourth-order valence-corrected chi connectivity index (χ4v) is 1.79. The number of halogens is 2. The fraction of sp³-hybridized carbons (Fsp3) is 0.0909. The number of aromatic nitrogens is 2. The summed E-state index contributed by atoms with van der Waals surface area (Å²) in [5, 5.41) is 0.285. The van der Waals surface area contributed by atoms with Crippen molar-refractivity contribution in [1.82, 2.24) is 9.97 Å². The minimum absolute atomic E-state index is 0.285. The maximum atomic E-state index is 5.80. The predicted molar refractivity (Wildman–Crippen MR) is 64.9 cm³/mol. The van der Waals surface area contributed by atoms with Gasteiger partial charge in [-0.3, -0.25) is 0 Å². The van der Waals surface area contributed by atoms with Crippen LogP contribution in [0, 0.1) is 6.92 Å². The maximum Gasteiger partial charge on any atom is 0.223 e. The van der Waals surface area contributed by atoms with Crippen LogP contribution in [0.5, 0.6) is 0 Å². The number of aryl methyl sites for hydroxylation is 1. The molecule has 0 radical (unpaired) electrons. The summed E-state index contributed by atoms with van der Waals surface area (Å²) in [5.41, 5.74) is 2.75. The van der Waals surface area contributed by atoms with Crippen molar-refractivity contribution in [2.75, 3.05) is 0 Å². The molecule has 0 aliphatic heterocycles. The lowest BCUT2D eigenvalue weighted by Crippen LogP contribution is -1.90. The summed E-state index contributed by atoms with van der Waals surface area (Å²) >= 11 is 9.19. The van der Waals surface area contributed by atoms with E-state index in [1.54, 1.807) is 0 Å². The van der Waals surface area contributed by atoms with Gasteiger partial charge in [-0.25, -0.2) is 9.97 Å². The van der Waals surface area contributed by atoms with E-state index in [0.29, 0.717) is 0 Å². The largest absolute Gasteiger partial charge is 0.223 e. The molecule has 2 nitrogen and oxygen atoms in total. The van der Waals surface area contributed by atoms with Crippen LogP contribution in [0.3, 0.4) is 0 Å². The molecule has 0 atom stereocenters. The van der Waals surface area contributed by atoms with Crippen molar-refractivity contribution in [1.29, 1.82) is 0 Å². The monoisotopic (exact) mass is 282 g/mol. The molecule has 0 saturated carbocycles. The lowest BCUT2D eigenvalue weighted by atomic mass is 10.1. The van der Waals surface area contributed by atoms with Gasteiger partial charge in [-0.1, -0.05) is 28.1 Å². The summed E-state index contributed by atoms with van der Waals surface area (Å²) in [6.07, 6.45) is 0. The van der Waals surface area contributed by atoms with Crippen LogP contribution in [-0.4, -0.2) is 9.97 Å². The SMILES string of the molecule is Cc1cc(-c2ccc(Br)cc2)nc(Cl)n1. The molecule has 0 N–H and O–H groups in total. The molecule has 1 heterocycles. The number of nitrogens with zero attached hydrogens (tertiary/aromatic N) is 2. The van der Waals surface area contributed by atoms with Gasteiger partial charge < -0.3 is 0 Å². The van der Waals surface area contributed by atoms with Crippen LogP contribution < -0.4 is 0 Å². The Hall–Kier alpha value is -0.930. The molecule has 76 valence electrons. The van der Waals surface area contributed by atoms with Crippen LogP contribution in [0.15, 0.2) is 34.8 Å². The number of benzene rings is 1. The quantitative estimate of drug-likeness (QED) is 0.743. The van der Waals surface area contributed by atoms with E-state index in [4.69, 9.17) is 11.6 Å². The molecule has 0 aliphatic carbocycles. The fourth-order valence-electron chi connectivity index (χ4n) is 1.30. The van der Waals surface area contributed by atoms with E-state index in [-0.39, 0.29) is 5.28 Å². The number of hydrogen-bond donors (Lipinski definition) is 0. The summed E-state index contributed by atoms with van der Waals surface area (Å²) in [7, 11) is 0. The van der Waals surface area contributed by atoms with E-state index >= 15 is 0 Å². The Balaban J connectivity index is 2.49. The molecule has 0 unspecified atom stereocenters. The molecule has 0 aliphatic rings. The van der Waals surface area contributed by atoms with Crippen molar-refractivity contribution in [2.24, 2.45) is 0 Å². The molecule has 2 rings (SSSR count). The molecule has 0 fully saturated rings. The summed E-state index contributed by atoms with van der Waals surface area (Å²) in [5.74, 6) is 0. The van der Waals surface area contributed by atoms with Gasteiger partial charge in [-0.15, -0.1) is 0 Å². The van der Waals surface area contributed by atoms with Crippen molar-refractivity contribution in [2.45, 2.75) is 6.92 Å². The molecule has 1 aromatic heterocycles. The first-order valence-electron chi connectivity index (χ1n) is 4.42. The average Bonchev–Trinajstić information content (AvgIpc) is 2.17. The van der Waals surface area contributed by atoms with E-state index in [9.17, 15) is 0 Å². The maximum absolute atomic E-state index is 5.80. The topological polar surface area (TPSA) is 25.8 Å². The minimum atomic E-state index is 0.285. The minimum Gasteiger partial charge on any atom is -0.223 e. The molecule has 0 spiro atoms. The van der Waals surface area contributed by atoms with E-state index in [1.165, 1.54) is 0 Å². The highest BCUT2D eigenvalue weighted by atomic mass is 79.9. The number of rotatable bonds is 1. The molecule has 15 heavy (non-hydrogen) atoms. The van der Waals surface area contributed by atoms with Crippen molar-refractivity contribution in [3.8, 4) is 11.3 Å². The van der Waals surface area contributed by atoms with E-state index in [1.807, 2.05) is 37.3 Å². The third kappa shape index (κ3) is 2.55. The molecule has 0 amide bonds. The van der Waals surface area contributed by atoms with E-state index in [0.717, 1.165) is 21.4 Å². The molecular formula is C11H8BrClN2. The Morgan fingerprint density at radius 3 is 2.40 bits per heavy atom. The molecule has 1 aromatic carbocycles. The third-order valence-corrected chi connectivity index (χ3v) is 2.66. The standard InChI is InChI=1S/C11H8BrClN2/c1-7-6-10(15-11(13)14-7)8-2-4-9(12)5-3-8/h2-6H,1H3. The van der Waals surface area contributed by atoms with E-state index in [2.05, 4.69) is 25.9 Å². The van der Waals surface area contributed by atoms with Gasteiger partial charge in [-0.2, -0.15) is 0 Å². The van der Waals surface area contributed by atoms with Crippen molar-refractivity contribution < 1.29 is 0 Å². The smallest absolute Gasteiger partial charge is 0.223 e. The molecule has 4 heteroatoms. The van der Waals surface area contributed by atoms with E-state index < -0.39 is 0 Å². The van der Waals surface area contributed by atoms with Gasteiger partial charge in [0.25, 0.3) is 0 Å². The highest BCUT2D eigenvalue weighted by molar-refractivity contribution is 9.10. The molecule has 0 saturated heterocycles. The summed E-state index contributed by atoms with van der Waals surface area (Å²) in [4.78, 5) is 8.20. The van der Waals surface area contributed by atoms with Gasteiger partial charge in [-0.05, 0) is 36.7 Å². The predicted octanol–water partition coefficient (Wildman–Crippen LogP) is 3.87. The van der Waals surface area contributed by atoms with Crippen LogP contribution >= 0.6 is 27.5 Å². The van der Waals surface area contributed by atoms with Crippen LogP contribution in [-0.2, 0) is 0 Å². The lowest BCUT2D eigenvalue weighted by molar-refractivity contribution is 1.11. The lowest BCUT2D eigenvalue weighted by Gasteiger charge is -2.02. The zero-order valence-electron chi connectivity index (χ0n) is 8.04. The van der Waals surface area contributed by atoms with Crippen molar-refractivity contribution >= 4 is 27.5 Å². The average molecular weight is 284 g/mol. The van der Waals surface area contributed by atoms with Gasteiger partial charge in [0.05, 0.1) is 5.69 Å². The zero-order chi connectivity index (χ0) is 10.8. The summed E-state index contributed by atoms with van der Waals surface area (Å²) in [6, 6.07) is 9.83. The Morgan fingerprint density at radius 1 is 1.13 bits per heavy atom. The molecule has 0 bridgehead atoms. The summed E-state index contributed by atoms with van der Waals surface area (Å²) in [6.45, 7) is 1.90. The Labute approximate surface area is 101 Å². The summed E-state index contributed by atoms with van der Waals surface area (Å²) < 4.78 is 1.04. The van der Waals surface area contributed by atoms with Gasteiger partial charge in [0.2, 0.25) is 5.28 Å². The Morgan fingerprint density at radius 2 is 1.80 bits per heavy atom. The first-order chi connectivity index (χ1) is 7.15. The van der Waals surface area contributed by atoms with Crippen molar-refractivity contribution in [3.05, 3.63) is 45.8 Å². The molecule has 2 aromatic rings. The second-order valence-electron chi connectivity index (χ2n) is 3.17. The van der Waals surface area contributed by atoms with Crippen molar-refractivity contribution in [3.63, 3.8) is 0 Å². The van der Waals surface area contributed by atoms with Crippen LogP contribution in [0.2, 0.25) is 5.28 Å². The van der Waals surface area contributed by atoms with Gasteiger partial charge >= 0.3 is 0 Å². The Kier molecular flexibility index (Phi) is 3.03. The highest BCUT2D eigenvalue weighted by Gasteiger charge is 2.02. The number of hydrogen-bond acceptors (Lipinski definition) is 2. The first-order valence-corrected chi connectivity index (χ1v) is 5.59. The van der Waals surface area contributed by atoms with Gasteiger partial charge in [0.15, 0.2) is 0 Å². The molecular weight excluding hydrogens is 275 g/mol. The normalized spacial score (nSPS) is 10.3. The van der Waals surface area contributed by atoms with Gasteiger partial charge in [0, 0.05) is 15.7 Å². The first kappa shape index (κ1) is 10.6. The van der Waals surface area contributed by atoms with Crippen LogP contribution in [0.1, 0.15) is 5.69 Å². The zero-order valence-corrected chi connectivity index (χ0v) is 10.4. The highest BCUT2D eigenvalue weighted by Crippen LogP contribution is 2.21. The van der Waals surface area contributed by atoms with Crippen LogP contribution in [0.25, 0.3) is 11.3 Å². The second-order valence-corrected chi connectivity index (χ2v) is 4.42.